The maximum absolute atomic E-state index is 13.4. The van der Waals surface area contributed by atoms with Gasteiger partial charge >= 0.3 is 0 Å². The molecule has 1 aliphatic heterocycles. The third-order valence-electron chi connectivity index (χ3n) is 5.54. The number of carbonyl (C=O) groups is 1. The second kappa shape index (κ2) is 8.32. The summed E-state index contributed by atoms with van der Waals surface area (Å²) in [5.74, 6) is -1.70. The Labute approximate surface area is 172 Å². The zero-order chi connectivity index (χ0) is 21.3. The number of rotatable bonds is 6. The third-order valence-corrected chi connectivity index (χ3v) is 5.54. The number of halogens is 3. The average Bonchev–Trinajstić information content (AvgIpc) is 2.74. The summed E-state index contributed by atoms with van der Waals surface area (Å²) in [6.45, 7) is 0. The van der Waals surface area contributed by atoms with Crippen LogP contribution in [0.3, 0.4) is 0 Å². The summed E-state index contributed by atoms with van der Waals surface area (Å²) in [5.41, 5.74) is 1.91. The summed E-state index contributed by atoms with van der Waals surface area (Å²) in [6, 6.07) is 16.8. The van der Waals surface area contributed by atoms with E-state index < -0.39 is 17.8 Å². The number of anilines is 1. The first-order chi connectivity index (χ1) is 14.4. The minimum absolute atomic E-state index is 0.137. The van der Waals surface area contributed by atoms with Crippen molar-refractivity contribution >= 4 is 11.6 Å². The molecule has 4 rings (SSSR count). The minimum atomic E-state index is -0.827. The summed E-state index contributed by atoms with van der Waals surface area (Å²) >= 11 is 0. The molecule has 0 bridgehead atoms. The quantitative estimate of drug-likeness (QED) is 0.558. The largest absolute Gasteiger partial charge is 0.388 e. The lowest BCUT2D eigenvalue weighted by Crippen LogP contribution is -2.55. The fraction of sp³-hybridized carbons (Fsp3) is 0.208. The maximum atomic E-state index is 13.4. The topological polar surface area (TPSA) is 40.5 Å². The van der Waals surface area contributed by atoms with Crippen LogP contribution < -0.4 is 4.90 Å². The lowest BCUT2D eigenvalue weighted by Gasteiger charge is -2.48. The number of benzene rings is 3. The number of nitrogens with zero attached hydrogens (tertiary/aromatic N) is 1. The predicted octanol–water partition coefficient (Wildman–Crippen LogP) is 5.32. The van der Waals surface area contributed by atoms with Gasteiger partial charge in [-0.15, -0.1) is 0 Å². The van der Waals surface area contributed by atoms with Crippen molar-refractivity contribution < 1.29 is 23.1 Å². The van der Waals surface area contributed by atoms with Gasteiger partial charge in [-0.3, -0.25) is 4.79 Å². The Bertz CT molecular complexity index is 1020. The molecule has 30 heavy (non-hydrogen) atoms. The first-order valence-corrected chi connectivity index (χ1v) is 9.71. The smallest absolute Gasteiger partial charge is 0.233 e. The van der Waals surface area contributed by atoms with Crippen LogP contribution in [0.2, 0.25) is 0 Å². The average molecular weight is 411 g/mol. The van der Waals surface area contributed by atoms with Crippen LogP contribution in [0.25, 0.3) is 0 Å². The first kappa shape index (κ1) is 20.2. The SMILES string of the molecule is O=C1C(CC[C@H](O)c2ccc(F)cc2)[C@@H](c2ccc(F)cc2)N1c1ccc(F)cc1. The number of hydrogen-bond donors (Lipinski definition) is 1. The van der Waals surface area contributed by atoms with Gasteiger partial charge in [0.05, 0.1) is 18.1 Å². The van der Waals surface area contributed by atoms with E-state index in [-0.39, 0.29) is 23.6 Å². The van der Waals surface area contributed by atoms with Gasteiger partial charge in [-0.25, -0.2) is 13.2 Å². The molecule has 1 unspecified atom stereocenters. The standard InChI is InChI=1S/C24H20F3NO2/c25-17-5-1-15(2-6-17)22(29)14-13-21-23(16-3-7-18(26)8-4-16)28(24(21)30)20-11-9-19(27)10-12-20/h1-12,21-23,29H,13-14H2/t21?,22-,23+/m0/s1. The van der Waals surface area contributed by atoms with E-state index in [0.717, 1.165) is 5.56 Å². The van der Waals surface area contributed by atoms with Crippen LogP contribution in [0, 0.1) is 23.4 Å². The van der Waals surface area contributed by atoms with Gasteiger partial charge in [0.2, 0.25) is 5.91 Å². The number of amides is 1. The summed E-state index contributed by atoms with van der Waals surface area (Å²) in [5, 5.41) is 10.4. The van der Waals surface area contributed by atoms with Gasteiger partial charge in [0.1, 0.15) is 17.5 Å². The van der Waals surface area contributed by atoms with Gasteiger partial charge in [0.15, 0.2) is 0 Å². The molecule has 3 nitrogen and oxygen atoms in total. The number of β-lactam (4-membered cyclic amide) rings is 1. The summed E-state index contributed by atoms with van der Waals surface area (Å²) in [7, 11) is 0. The molecule has 1 heterocycles. The van der Waals surface area contributed by atoms with Crippen LogP contribution in [0.15, 0.2) is 72.8 Å². The lowest BCUT2D eigenvalue weighted by molar-refractivity contribution is -0.131. The van der Waals surface area contributed by atoms with E-state index in [1.54, 1.807) is 17.0 Å². The summed E-state index contributed by atoms with van der Waals surface area (Å²) < 4.78 is 39.8. The molecule has 154 valence electrons. The number of aliphatic hydroxyl groups excluding tert-OH is 1. The molecule has 0 radical (unpaired) electrons. The van der Waals surface area contributed by atoms with Gasteiger partial charge in [-0.2, -0.15) is 0 Å². The van der Waals surface area contributed by atoms with E-state index in [2.05, 4.69) is 0 Å². The maximum Gasteiger partial charge on any atom is 0.233 e. The Morgan fingerprint density at radius 2 is 1.30 bits per heavy atom. The highest BCUT2D eigenvalue weighted by molar-refractivity contribution is 6.03. The zero-order valence-corrected chi connectivity index (χ0v) is 16.0. The van der Waals surface area contributed by atoms with Crippen LogP contribution in [-0.4, -0.2) is 11.0 Å². The van der Waals surface area contributed by atoms with E-state index in [1.165, 1.54) is 60.7 Å². The Hall–Kier alpha value is -3.12. The van der Waals surface area contributed by atoms with Gasteiger partial charge < -0.3 is 10.0 Å². The highest BCUT2D eigenvalue weighted by atomic mass is 19.1. The fourth-order valence-corrected chi connectivity index (χ4v) is 3.95. The van der Waals surface area contributed by atoms with Crippen LogP contribution in [0.1, 0.15) is 36.1 Å². The molecule has 1 fully saturated rings. The Balaban J connectivity index is 1.55. The van der Waals surface area contributed by atoms with Crippen LogP contribution in [0.5, 0.6) is 0 Å². The normalized spacial score (nSPS) is 19.5. The summed E-state index contributed by atoms with van der Waals surface area (Å²) in [6.07, 6.45) is -0.110. The molecule has 1 aliphatic rings. The predicted molar refractivity (Wildman–Crippen MR) is 107 cm³/mol. The van der Waals surface area contributed by atoms with Crippen molar-refractivity contribution in [1.29, 1.82) is 0 Å². The van der Waals surface area contributed by atoms with E-state index in [1.807, 2.05) is 0 Å². The van der Waals surface area contributed by atoms with Gasteiger partial charge in [0.25, 0.3) is 0 Å². The van der Waals surface area contributed by atoms with Crippen molar-refractivity contribution in [2.75, 3.05) is 4.90 Å². The highest BCUT2D eigenvalue weighted by Crippen LogP contribution is 2.46. The zero-order valence-electron chi connectivity index (χ0n) is 16.0. The number of aliphatic hydroxyl groups is 1. The van der Waals surface area contributed by atoms with Crippen molar-refractivity contribution in [2.45, 2.75) is 25.0 Å². The third kappa shape index (κ3) is 3.96. The Morgan fingerprint density at radius 1 is 0.800 bits per heavy atom. The molecule has 6 heteroatoms. The molecule has 3 aromatic rings. The molecule has 1 saturated heterocycles. The van der Waals surface area contributed by atoms with Crippen molar-refractivity contribution in [3.8, 4) is 0 Å². The second-order valence-electron chi connectivity index (χ2n) is 7.43. The number of hydrogen-bond acceptors (Lipinski definition) is 2. The molecule has 3 atom stereocenters. The Kier molecular flexibility index (Phi) is 5.59. The molecule has 1 amide bonds. The van der Waals surface area contributed by atoms with Gasteiger partial charge in [-0.1, -0.05) is 24.3 Å². The monoisotopic (exact) mass is 411 g/mol. The first-order valence-electron chi connectivity index (χ1n) is 9.71. The molecule has 0 aliphatic carbocycles. The molecule has 1 N–H and O–H groups in total. The van der Waals surface area contributed by atoms with Crippen LogP contribution in [0.4, 0.5) is 18.9 Å². The molecule has 3 aromatic carbocycles. The van der Waals surface area contributed by atoms with Gasteiger partial charge in [0, 0.05) is 5.69 Å². The molecular weight excluding hydrogens is 391 g/mol. The van der Waals surface area contributed by atoms with E-state index in [9.17, 15) is 23.1 Å². The fourth-order valence-electron chi connectivity index (χ4n) is 3.95. The molecule has 0 aromatic heterocycles. The van der Waals surface area contributed by atoms with E-state index in [4.69, 9.17) is 0 Å². The molecular formula is C24H20F3NO2. The van der Waals surface area contributed by atoms with Crippen molar-refractivity contribution in [3.05, 3.63) is 101 Å². The minimum Gasteiger partial charge on any atom is -0.388 e. The van der Waals surface area contributed by atoms with Crippen molar-refractivity contribution in [1.82, 2.24) is 0 Å². The highest BCUT2D eigenvalue weighted by Gasteiger charge is 2.48. The molecule has 0 spiro atoms. The van der Waals surface area contributed by atoms with Crippen molar-refractivity contribution in [2.24, 2.45) is 5.92 Å². The number of carbonyl (C=O) groups excluding carboxylic acids is 1. The van der Waals surface area contributed by atoms with Crippen molar-refractivity contribution in [3.63, 3.8) is 0 Å². The van der Waals surface area contributed by atoms with E-state index >= 15 is 0 Å². The lowest BCUT2D eigenvalue weighted by atomic mass is 9.78. The van der Waals surface area contributed by atoms with Crippen LogP contribution in [-0.2, 0) is 4.79 Å². The van der Waals surface area contributed by atoms with Crippen LogP contribution >= 0.6 is 0 Å². The summed E-state index contributed by atoms with van der Waals surface area (Å²) in [4.78, 5) is 14.5. The molecule has 0 saturated carbocycles. The Morgan fingerprint density at radius 3 is 1.87 bits per heavy atom. The van der Waals surface area contributed by atoms with Gasteiger partial charge in [-0.05, 0) is 72.5 Å². The van der Waals surface area contributed by atoms with E-state index in [0.29, 0.717) is 24.1 Å². The second-order valence-corrected chi connectivity index (χ2v) is 7.43.